The largest absolute Gasteiger partial charge is 0.392 e. The summed E-state index contributed by atoms with van der Waals surface area (Å²) in [6, 6.07) is 4.24. The van der Waals surface area contributed by atoms with E-state index >= 15 is 0 Å². The van der Waals surface area contributed by atoms with Crippen LogP contribution in [0.1, 0.15) is 39.8 Å². The number of nitrogens with zero attached hydrogens (tertiary/aromatic N) is 1. The lowest BCUT2D eigenvalue weighted by Crippen LogP contribution is -2.30. The molecule has 0 bridgehead atoms. The number of hydrogen-bond acceptors (Lipinski definition) is 2. The average Bonchev–Trinajstić information content (AvgIpc) is 2.73. The van der Waals surface area contributed by atoms with Crippen LogP contribution < -0.4 is 5.32 Å². The molecule has 0 fully saturated rings. The molecule has 0 saturated heterocycles. The highest BCUT2D eigenvalue weighted by molar-refractivity contribution is 5.06. The molecule has 2 N–H and O–H groups in total. The minimum Gasteiger partial charge on any atom is -0.392 e. The first kappa shape index (κ1) is 15.3. The highest BCUT2D eigenvalue weighted by atomic mass is 16.3. The minimum atomic E-state index is -0.260. The number of aliphatic hydroxyl groups excluding tert-OH is 1. The second-order valence-corrected chi connectivity index (χ2v) is 5.82. The van der Waals surface area contributed by atoms with Crippen molar-refractivity contribution in [1.29, 1.82) is 0 Å². The summed E-state index contributed by atoms with van der Waals surface area (Å²) in [6.45, 7) is 11.1. The molecule has 3 heteroatoms. The summed E-state index contributed by atoms with van der Waals surface area (Å²) in [5.41, 5.74) is 1.30. The Hall–Kier alpha value is -0.800. The number of nitrogens with one attached hydrogen (secondary N) is 1. The van der Waals surface area contributed by atoms with Crippen LogP contribution in [0.5, 0.6) is 0 Å². The summed E-state index contributed by atoms with van der Waals surface area (Å²) in [7, 11) is 0. The van der Waals surface area contributed by atoms with Gasteiger partial charge in [-0.3, -0.25) is 0 Å². The lowest BCUT2D eigenvalue weighted by molar-refractivity contribution is 0.123. The number of aliphatic hydroxyl groups is 1. The van der Waals surface area contributed by atoms with Crippen LogP contribution in [0.25, 0.3) is 0 Å². The highest BCUT2D eigenvalue weighted by Crippen LogP contribution is 2.08. The molecule has 0 aliphatic heterocycles. The SMILES string of the molecule is CC(C)CCn1cccc1CNCC(O)C(C)C. The zero-order valence-corrected chi connectivity index (χ0v) is 12.2. The first-order valence-electron chi connectivity index (χ1n) is 7.03. The van der Waals surface area contributed by atoms with Crippen LogP contribution in [-0.2, 0) is 13.1 Å². The van der Waals surface area contributed by atoms with Crippen LogP contribution in [-0.4, -0.2) is 22.3 Å². The van der Waals surface area contributed by atoms with Crippen molar-refractivity contribution in [1.82, 2.24) is 9.88 Å². The van der Waals surface area contributed by atoms with Crippen molar-refractivity contribution in [3.63, 3.8) is 0 Å². The maximum atomic E-state index is 9.73. The maximum Gasteiger partial charge on any atom is 0.0687 e. The van der Waals surface area contributed by atoms with E-state index in [0.717, 1.165) is 19.0 Å². The van der Waals surface area contributed by atoms with Crippen molar-refractivity contribution in [2.75, 3.05) is 6.54 Å². The highest BCUT2D eigenvalue weighted by Gasteiger charge is 2.08. The van der Waals surface area contributed by atoms with E-state index in [1.165, 1.54) is 12.1 Å². The van der Waals surface area contributed by atoms with Gasteiger partial charge in [-0.15, -0.1) is 0 Å². The molecule has 1 aromatic rings. The van der Waals surface area contributed by atoms with Gasteiger partial charge in [0.1, 0.15) is 0 Å². The predicted octanol–water partition coefficient (Wildman–Crippen LogP) is 2.64. The molecule has 1 unspecified atom stereocenters. The molecule has 1 atom stereocenters. The topological polar surface area (TPSA) is 37.2 Å². The van der Waals surface area contributed by atoms with Gasteiger partial charge in [0.15, 0.2) is 0 Å². The Kier molecular flexibility index (Phi) is 6.44. The molecule has 18 heavy (non-hydrogen) atoms. The van der Waals surface area contributed by atoms with Gasteiger partial charge in [0, 0.05) is 31.5 Å². The molecule has 0 radical (unpaired) electrons. The summed E-state index contributed by atoms with van der Waals surface area (Å²) in [6.07, 6.45) is 3.08. The van der Waals surface area contributed by atoms with E-state index in [1.807, 2.05) is 13.8 Å². The summed E-state index contributed by atoms with van der Waals surface area (Å²) in [5.74, 6) is 1.04. The van der Waals surface area contributed by atoms with E-state index < -0.39 is 0 Å². The fraction of sp³-hybridized carbons (Fsp3) is 0.733. The van der Waals surface area contributed by atoms with Gasteiger partial charge in [0.2, 0.25) is 0 Å². The molecule has 0 spiro atoms. The molecule has 104 valence electrons. The van der Waals surface area contributed by atoms with Gasteiger partial charge in [-0.1, -0.05) is 27.7 Å². The molecular formula is C15H28N2O. The number of rotatable bonds is 8. The molecule has 0 amide bonds. The van der Waals surface area contributed by atoms with Crippen molar-refractivity contribution >= 4 is 0 Å². The van der Waals surface area contributed by atoms with Crippen LogP contribution in [0.2, 0.25) is 0 Å². The maximum absolute atomic E-state index is 9.73. The van der Waals surface area contributed by atoms with Crippen molar-refractivity contribution < 1.29 is 5.11 Å². The van der Waals surface area contributed by atoms with Gasteiger partial charge in [0.05, 0.1) is 6.10 Å². The molecule has 0 aliphatic rings. The van der Waals surface area contributed by atoms with Crippen LogP contribution in [0.4, 0.5) is 0 Å². The van der Waals surface area contributed by atoms with Gasteiger partial charge in [0.25, 0.3) is 0 Å². The number of aryl methyl sites for hydroxylation is 1. The van der Waals surface area contributed by atoms with Crippen LogP contribution >= 0.6 is 0 Å². The van der Waals surface area contributed by atoms with E-state index in [-0.39, 0.29) is 6.10 Å². The Balaban J connectivity index is 2.36. The lowest BCUT2D eigenvalue weighted by atomic mass is 10.1. The first-order valence-corrected chi connectivity index (χ1v) is 7.03. The number of aromatic nitrogens is 1. The monoisotopic (exact) mass is 252 g/mol. The third-order valence-electron chi connectivity index (χ3n) is 3.30. The predicted molar refractivity (Wildman–Crippen MR) is 76.4 cm³/mol. The Morgan fingerprint density at radius 3 is 2.61 bits per heavy atom. The molecule has 3 nitrogen and oxygen atoms in total. The van der Waals surface area contributed by atoms with Gasteiger partial charge in [-0.05, 0) is 30.4 Å². The minimum absolute atomic E-state index is 0.260. The molecular weight excluding hydrogens is 224 g/mol. The molecule has 1 heterocycles. The fourth-order valence-electron chi connectivity index (χ4n) is 1.81. The third-order valence-corrected chi connectivity index (χ3v) is 3.30. The Labute approximate surface area is 111 Å². The van der Waals surface area contributed by atoms with Crippen LogP contribution in [0, 0.1) is 11.8 Å². The fourth-order valence-corrected chi connectivity index (χ4v) is 1.81. The normalized spacial score (nSPS) is 13.5. The first-order chi connectivity index (χ1) is 8.50. The lowest BCUT2D eigenvalue weighted by Gasteiger charge is -2.16. The standard InChI is InChI=1S/C15H28N2O/c1-12(2)7-9-17-8-5-6-14(17)10-16-11-15(18)13(3)4/h5-6,8,12-13,15-16,18H,7,9-11H2,1-4H3. The zero-order chi connectivity index (χ0) is 13.5. The second-order valence-electron chi connectivity index (χ2n) is 5.82. The molecule has 0 aliphatic carbocycles. The van der Waals surface area contributed by atoms with Crippen molar-refractivity contribution in [2.24, 2.45) is 11.8 Å². The van der Waals surface area contributed by atoms with Crippen molar-refractivity contribution in [3.05, 3.63) is 24.0 Å². The Morgan fingerprint density at radius 2 is 2.00 bits per heavy atom. The van der Waals surface area contributed by atoms with E-state index in [9.17, 15) is 5.11 Å². The van der Waals surface area contributed by atoms with Gasteiger partial charge < -0.3 is 15.0 Å². The zero-order valence-electron chi connectivity index (χ0n) is 12.2. The van der Waals surface area contributed by atoms with E-state index in [4.69, 9.17) is 0 Å². The van der Waals surface area contributed by atoms with Gasteiger partial charge >= 0.3 is 0 Å². The third kappa shape index (κ3) is 5.23. The van der Waals surface area contributed by atoms with Gasteiger partial charge in [-0.2, -0.15) is 0 Å². The van der Waals surface area contributed by atoms with E-state index in [0.29, 0.717) is 12.5 Å². The quantitative estimate of drug-likeness (QED) is 0.746. The second kappa shape index (κ2) is 7.59. The number of hydrogen-bond donors (Lipinski definition) is 2. The van der Waals surface area contributed by atoms with Crippen LogP contribution in [0.15, 0.2) is 18.3 Å². The smallest absolute Gasteiger partial charge is 0.0687 e. The molecule has 0 aromatic carbocycles. The summed E-state index contributed by atoms with van der Waals surface area (Å²) < 4.78 is 2.30. The summed E-state index contributed by atoms with van der Waals surface area (Å²) in [5, 5.41) is 13.1. The molecule has 1 aromatic heterocycles. The summed E-state index contributed by atoms with van der Waals surface area (Å²) >= 11 is 0. The van der Waals surface area contributed by atoms with Crippen molar-refractivity contribution in [2.45, 2.75) is 53.3 Å². The Morgan fingerprint density at radius 1 is 1.28 bits per heavy atom. The summed E-state index contributed by atoms with van der Waals surface area (Å²) in [4.78, 5) is 0. The average molecular weight is 252 g/mol. The Bertz CT molecular complexity index is 331. The van der Waals surface area contributed by atoms with E-state index in [1.54, 1.807) is 0 Å². The van der Waals surface area contributed by atoms with Crippen molar-refractivity contribution in [3.8, 4) is 0 Å². The van der Waals surface area contributed by atoms with Gasteiger partial charge in [-0.25, -0.2) is 0 Å². The molecule has 0 saturated carbocycles. The van der Waals surface area contributed by atoms with Crippen LogP contribution in [0.3, 0.4) is 0 Å². The van der Waals surface area contributed by atoms with E-state index in [2.05, 4.69) is 42.1 Å². The molecule has 1 rings (SSSR count).